The topological polar surface area (TPSA) is 46.3 Å². The van der Waals surface area contributed by atoms with Crippen molar-refractivity contribution in [2.24, 2.45) is 0 Å². The Morgan fingerprint density at radius 1 is 1.44 bits per heavy atom. The standard InChI is InChI=1S/C13H10ClNO2S/c1-7-13(18-6-15-7)11(16)10-5-8-3-2-4-9(14)12(8)17-10/h2-6,11,16H,1H3. The van der Waals surface area contributed by atoms with Gasteiger partial charge in [0.1, 0.15) is 11.9 Å². The van der Waals surface area contributed by atoms with Crippen LogP contribution in [0.2, 0.25) is 5.02 Å². The summed E-state index contributed by atoms with van der Waals surface area (Å²) in [6, 6.07) is 7.33. The Bertz CT molecular complexity index is 704. The number of halogens is 1. The van der Waals surface area contributed by atoms with Gasteiger partial charge >= 0.3 is 0 Å². The molecular formula is C13H10ClNO2S. The Labute approximate surface area is 113 Å². The van der Waals surface area contributed by atoms with Gasteiger partial charge in [-0.15, -0.1) is 11.3 Å². The van der Waals surface area contributed by atoms with Crippen molar-refractivity contribution in [3.63, 3.8) is 0 Å². The van der Waals surface area contributed by atoms with Crippen molar-refractivity contribution < 1.29 is 9.52 Å². The molecule has 18 heavy (non-hydrogen) atoms. The highest BCUT2D eigenvalue weighted by Gasteiger charge is 2.20. The second-order valence-corrected chi connectivity index (χ2v) is 5.31. The molecule has 1 aromatic carbocycles. The number of aromatic nitrogens is 1. The Balaban J connectivity index is 2.10. The van der Waals surface area contributed by atoms with Gasteiger partial charge in [0.05, 0.1) is 21.1 Å². The number of benzene rings is 1. The highest BCUT2D eigenvalue weighted by Crippen LogP contribution is 2.33. The first-order chi connectivity index (χ1) is 8.66. The summed E-state index contributed by atoms with van der Waals surface area (Å²) in [6.45, 7) is 1.87. The number of nitrogens with zero attached hydrogens (tertiary/aromatic N) is 1. The van der Waals surface area contributed by atoms with Crippen LogP contribution in [0.5, 0.6) is 0 Å². The van der Waals surface area contributed by atoms with Gasteiger partial charge in [0.2, 0.25) is 0 Å². The molecule has 2 aromatic heterocycles. The molecule has 0 radical (unpaired) electrons. The molecule has 5 heteroatoms. The molecule has 0 bridgehead atoms. The molecule has 92 valence electrons. The number of fused-ring (bicyclic) bond motifs is 1. The normalized spacial score (nSPS) is 13.1. The zero-order chi connectivity index (χ0) is 12.7. The predicted molar refractivity (Wildman–Crippen MR) is 72.1 cm³/mol. The first kappa shape index (κ1) is 11.7. The minimum absolute atomic E-state index is 0.491. The first-order valence-electron chi connectivity index (χ1n) is 5.43. The predicted octanol–water partition coefficient (Wildman–Crippen LogP) is 3.93. The SMILES string of the molecule is Cc1ncsc1C(O)c1cc2cccc(Cl)c2o1. The van der Waals surface area contributed by atoms with Gasteiger partial charge in [-0.05, 0) is 19.1 Å². The number of hydrogen-bond acceptors (Lipinski definition) is 4. The number of thiazole rings is 1. The second kappa shape index (κ2) is 4.39. The summed E-state index contributed by atoms with van der Waals surface area (Å²) in [6.07, 6.45) is -0.791. The van der Waals surface area contributed by atoms with E-state index >= 15 is 0 Å². The summed E-state index contributed by atoms with van der Waals surface area (Å²) in [7, 11) is 0. The smallest absolute Gasteiger partial charge is 0.153 e. The van der Waals surface area contributed by atoms with E-state index in [0.29, 0.717) is 16.4 Å². The molecule has 0 aliphatic rings. The summed E-state index contributed by atoms with van der Waals surface area (Å²) < 4.78 is 5.64. The molecular weight excluding hydrogens is 270 g/mol. The maximum atomic E-state index is 10.3. The molecule has 0 fully saturated rings. The Hall–Kier alpha value is -1.36. The van der Waals surface area contributed by atoms with Gasteiger partial charge < -0.3 is 9.52 Å². The minimum atomic E-state index is -0.791. The quantitative estimate of drug-likeness (QED) is 0.773. The zero-order valence-electron chi connectivity index (χ0n) is 9.55. The van der Waals surface area contributed by atoms with Crippen LogP contribution < -0.4 is 0 Å². The average Bonchev–Trinajstić information content (AvgIpc) is 2.95. The fraction of sp³-hybridized carbons (Fsp3) is 0.154. The van der Waals surface area contributed by atoms with Crippen molar-refractivity contribution in [2.75, 3.05) is 0 Å². The third-order valence-electron chi connectivity index (χ3n) is 2.82. The van der Waals surface area contributed by atoms with Crippen LogP contribution in [-0.4, -0.2) is 10.1 Å². The molecule has 3 rings (SSSR count). The van der Waals surface area contributed by atoms with Crippen LogP contribution in [-0.2, 0) is 0 Å². The second-order valence-electron chi connectivity index (χ2n) is 4.01. The van der Waals surface area contributed by atoms with Crippen molar-refractivity contribution >= 4 is 33.9 Å². The van der Waals surface area contributed by atoms with E-state index in [1.807, 2.05) is 25.1 Å². The minimum Gasteiger partial charge on any atom is -0.456 e. The van der Waals surface area contributed by atoms with E-state index < -0.39 is 6.10 Å². The lowest BCUT2D eigenvalue weighted by Gasteiger charge is -2.05. The molecule has 2 heterocycles. The number of para-hydroxylation sites is 1. The van der Waals surface area contributed by atoms with Crippen LogP contribution in [0.3, 0.4) is 0 Å². The van der Waals surface area contributed by atoms with Crippen LogP contribution in [0.4, 0.5) is 0 Å². The van der Waals surface area contributed by atoms with Crippen molar-refractivity contribution in [2.45, 2.75) is 13.0 Å². The lowest BCUT2D eigenvalue weighted by molar-refractivity contribution is 0.195. The van der Waals surface area contributed by atoms with E-state index in [4.69, 9.17) is 16.0 Å². The number of hydrogen-bond donors (Lipinski definition) is 1. The van der Waals surface area contributed by atoms with Crippen LogP contribution in [0, 0.1) is 6.92 Å². The van der Waals surface area contributed by atoms with Crippen LogP contribution in [0.15, 0.2) is 34.2 Å². The summed E-state index contributed by atoms with van der Waals surface area (Å²) in [5.74, 6) is 0.491. The third kappa shape index (κ3) is 1.82. The van der Waals surface area contributed by atoms with E-state index in [2.05, 4.69) is 4.98 Å². The lowest BCUT2D eigenvalue weighted by Crippen LogP contribution is -1.97. The largest absolute Gasteiger partial charge is 0.456 e. The molecule has 0 amide bonds. The Morgan fingerprint density at radius 3 is 2.94 bits per heavy atom. The van der Waals surface area contributed by atoms with Gasteiger partial charge in [-0.3, -0.25) is 0 Å². The fourth-order valence-electron chi connectivity index (χ4n) is 1.88. The summed E-state index contributed by atoms with van der Waals surface area (Å²) in [5.41, 5.74) is 3.14. The average molecular weight is 280 g/mol. The number of aliphatic hydroxyl groups is 1. The fourth-order valence-corrected chi connectivity index (χ4v) is 2.90. The third-order valence-corrected chi connectivity index (χ3v) is 4.10. The van der Waals surface area contributed by atoms with Crippen molar-refractivity contribution in [3.05, 3.63) is 51.1 Å². The first-order valence-corrected chi connectivity index (χ1v) is 6.68. The van der Waals surface area contributed by atoms with Crippen LogP contribution in [0.1, 0.15) is 22.4 Å². The molecule has 0 aliphatic heterocycles. The van der Waals surface area contributed by atoms with Gasteiger partial charge in [0, 0.05) is 5.39 Å². The molecule has 1 atom stereocenters. The Kier molecular flexibility index (Phi) is 2.86. The summed E-state index contributed by atoms with van der Waals surface area (Å²) in [4.78, 5) is 4.92. The number of rotatable bonds is 2. The number of aryl methyl sites for hydroxylation is 1. The van der Waals surface area contributed by atoms with Crippen molar-refractivity contribution in [1.82, 2.24) is 4.98 Å². The molecule has 1 unspecified atom stereocenters. The van der Waals surface area contributed by atoms with E-state index in [-0.39, 0.29) is 0 Å². The summed E-state index contributed by atoms with van der Waals surface area (Å²) >= 11 is 7.46. The maximum absolute atomic E-state index is 10.3. The van der Waals surface area contributed by atoms with E-state index in [9.17, 15) is 5.11 Å². The molecule has 0 spiro atoms. The van der Waals surface area contributed by atoms with E-state index in [1.165, 1.54) is 11.3 Å². The summed E-state index contributed by atoms with van der Waals surface area (Å²) in [5, 5.41) is 11.7. The molecule has 1 N–H and O–H groups in total. The highest BCUT2D eigenvalue weighted by molar-refractivity contribution is 7.09. The molecule has 0 aliphatic carbocycles. The zero-order valence-corrected chi connectivity index (χ0v) is 11.1. The van der Waals surface area contributed by atoms with Crippen LogP contribution in [0.25, 0.3) is 11.0 Å². The van der Waals surface area contributed by atoms with Crippen molar-refractivity contribution in [1.29, 1.82) is 0 Å². The highest BCUT2D eigenvalue weighted by atomic mass is 35.5. The molecule has 3 nitrogen and oxygen atoms in total. The van der Waals surface area contributed by atoms with Gasteiger partial charge in [-0.25, -0.2) is 4.98 Å². The monoisotopic (exact) mass is 279 g/mol. The molecule has 0 saturated carbocycles. The molecule has 0 saturated heterocycles. The molecule has 3 aromatic rings. The van der Waals surface area contributed by atoms with Gasteiger partial charge in [-0.1, -0.05) is 23.7 Å². The van der Waals surface area contributed by atoms with Gasteiger partial charge in [0.25, 0.3) is 0 Å². The number of aliphatic hydroxyl groups excluding tert-OH is 1. The van der Waals surface area contributed by atoms with E-state index in [1.54, 1.807) is 11.6 Å². The lowest BCUT2D eigenvalue weighted by atomic mass is 10.2. The van der Waals surface area contributed by atoms with Crippen LogP contribution >= 0.6 is 22.9 Å². The number of furan rings is 1. The van der Waals surface area contributed by atoms with Gasteiger partial charge in [-0.2, -0.15) is 0 Å². The maximum Gasteiger partial charge on any atom is 0.153 e. The van der Waals surface area contributed by atoms with Crippen molar-refractivity contribution in [3.8, 4) is 0 Å². The Morgan fingerprint density at radius 2 is 2.28 bits per heavy atom. The van der Waals surface area contributed by atoms with E-state index in [0.717, 1.165) is 16.0 Å². The van der Waals surface area contributed by atoms with Gasteiger partial charge in [0.15, 0.2) is 5.58 Å².